The number of aryl methyl sites for hydroxylation is 1. The number of aliphatic hydroxyl groups is 1. The molecule has 4 nitrogen and oxygen atoms in total. The van der Waals surface area contributed by atoms with E-state index in [0.717, 1.165) is 39.1 Å². The molecule has 112 valence electrons. The standard InChI is InChI=1S/C16H27N3O/c1-13-4-3-5-16(14(13)2)19-10-8-18(9-11-19)7-6-15(17)12-20/h3-5,15,20H,6-12,17H2,1-2H3. The van der Waals surface area contributed by atoms with Gasteiger partial charge in [0.05, 0.1) is 6.61 Å². The number of nitrogens with two attached hydrogens (primary N) is 1. The fourth-order valence-electron chi connectivity index (χ4n) is 2.73. The molecule has 1 atom stereocenters. The Morgan fingerprint density at radius 2 is 1.90 bits per heavy atom. The maximum absolute atomic E-state index is 8.96. The first kappa shape index (κ1) is 15.3. The average molecular weight is 277 g/mol. The van der Waals surface area contributed by atoms with Crippen LogP contribution in [0.3, 0.4) is 0 Å². The molecule has 1 aromatic rings. The van der Waals surface area contributed by atoms with Gasteiger partial charge in [-0.05, 0) is 44.0 Å². The van der Waals surface area contributed by atoms with Crippen molar-refractivity contribution in [2.45, 2.75) is 26.3 Å². The highest BCUT2D eigenvalue weighted by Crippen LogP contribution is 2.23. The number of nitrogens with zero attached hydrogens (tertiary/aromatic N) is 2. The number of hydrogen-bond acceptors (Lipinski definition) is 4. The number of anilines is 1. The monoisotopic (exact) mass is 277 g/mol. The number of aliphatic hydroxyl groups excluding tert-OH is 1. The van der Waals surface area contributed by atoms with E-state index in [1.165, 1.54) is 16.8 Å². The lowest BCUT2D eigenvalue weighted by atomic mass is 10.1. The minimum atomic E-state index is -0.0768. The van der Waals surface area contributed by atoms with Gasteiger partial charge in [0.1, 0.15) is 0 Å². The number of benzene rings is 1. The maximum Gasteiger partial charge on any atom is 0.0583 e. The topological polar surface area (TPSA) is 52.7 Å². The molecule has 1 heterocycles. The van der Waals surface area contributed by atoms with Gasteiger partial charge in [0.15, 0.2) is 0 Å². The highest BCUT2D eigenvalue weighted by molar-refractivity contribution is 5.56. The van der Waals surface area contributed by atoms with Crippen LogP contribution < -0.4 is 10.6 Å². The van der Waals surface area contributed by atoms with E-state index in [9.17, 15) is 0 Å². The van der Waals surface area contributed by atoms with Crippen molar-refractivity contribution in [3.8, 4) is 0 Å². The summed E-state index contributed by atoms with van der Waals surface area (Å²) < 4.78 is 0. The fraction of sp³-hybridized carbons (Fsp3) is 0.625. The van der Waals surface area contributed by atoms with Crippen molar-refractivity contribution in [2.75, 3.05) is 44.2 Å². The van der Waals surface area contributed by atoms with Gasteiger partial charge in [-0.3, -0.25) is 4.90 Å². The van der Waals surface area contributed by atoms with Crippen molar-refractivity contribution in [1.29, 1.82) is 0 Å². The molecule has 0 bridgehead atoms. The highest BCUT2D eigenvalue weighted by atomic mass is 16.3. The summed E-state index contributed by atoms with van der Waals surface area (Å²) in [5.74, 6) is 0. The molecule has 0 radical (unpaired) electrons. The lowest BCUT2D eigenvalue weighted by molar-refractivity contribution is 0.217. The molecule has 1 fully saturated rings. The van der Waals surface area contributed by atoms with Crippen molar-refractivity contribution < 1.29 is 5.11 Å². The largest absolute Gasteiger partial charge is 0.395 e. The predicted octanol–water partition coefficient (Wildman–Crippen LogP) is 1.14. The fourth-order valence-corrected chi connectivity index (χ4v) is 2.73. The first-order valence-corrected chi connectivity index (χ1v) is 7.51. The Hall–Kier alpha value is -1.10. The lowest BCUT2D eigenvalue weighted by Gasteiger charge is -2.37. The highest BCUT2D eigenvalue weighted by Gasteiger charge is 2.18. The van der Waals surface area contributed by atoms with Gasteiger partial charge in [-0.1, -0.05) is 12.1 Å². The molecule has 1 aliphatic heterocycles. The Bertz CT molecular complexity index is 428. The van der Waals surface area contributed by atoms with Crippen LogP contribution in [0.2, 0.25) is 0 Å². The van der Waals surface area contributed by atoms with Gasteiger partial charge in [0.25, 0.3) is 0 Å². The van der Waals surface area contributed by atoms with Crippen LogP contribution in [0.5, 0.6) is 0 Å². The molecule has 4 heteroatoms. The molecule has 0 spiro atoms. The second-order valence-electron chi connectivity index (χ2n) is 5.78. The Labute approximate surface area is 122 Å². The molecule has 1 aromatic carbocycles. The summed E-state index contributed by atoms with van der Waals surface area (Å²) >= 11 is 0. The van der Waals surface area contributed by atoms with Gasteiger partial charge in [-0.2, -0.15) is 0 Å². The van der Waals surface area contributed by atoms with Crippen molar-refractivity contribution in [3.05, 3.63) is 29.3 Å². The molecule has 20 heavy (non-hydrogen) atoms. The molecule has 3 N–H and O–H groups in total. The van der Waals surface area contributed by atoms with Crippen LogP contribution in [0, 0.1) is 13.8 Å². The Balaban J connectivity index is 1.86. The van der Waals surface area contributed by atoms with Crippen LogP contribution in [0.1, 0.15) is 17.5 Å². The molecular formula is C16H27N3O. The average Bonchev–Trinajstić information content (AvgIpc) is 2.48. The van der Waals surface area contributed by atoms with Gasteiger partial charge in [0.2, 0.25) is 0 Å². The van der Waals surface area contributed by atoms with E-state index in [1.54, 1.807) is 0 Å². The summed E-state index contributed by atoms with van der Waals surface area (Å²) in [4.78, 5) is 4.92. The summed E-state index contributed by atoms with van der Waals surface area (Å²) in [6, 6.07) is 6.46. The summed E-state index contributed by atoms with van der Waals surface area (Å²) in [7, 11) is 0. The number of rotatable bonds is 5. The van der Waals surface area contributed by atoms with Crippen molar-refractivity contribution >= 4 is 5.69 Å². The van der Waals surface area contributed by atoms with E-state index in [-0.39, 0.29) is 12.6 Å². The number of hydrogen-bond donors (Lipinski definition) is 2. The molecule has 0 amide bonds. The molecule has 0 aromatic heterocycles. The summed E-state index contributed by atoms with van der Waals surface area (Å²) in [5.41, 5.74) is 9.88. The Kier molecular flexibility index (Phi) is 5.40. The van der Waals surface area contributed by atoms with Gasteiger partial charge in [-0.15, -0.1) is 0 Å². The summed E-state index contributed by atoms with van der Waals surface area (Å²) in [6.45, 7) is 9.74. The first-order chi connectivity index (χ1) is 9.61. The van der Waals surface area contributed by atoms with Gasteiger partial charge in [0, 0.05) is 37.9 Å². The van der Waals surface area contributed by atoms with Crippen LogP contribution >= 0.6 is 0 Å². The summed E-state index contributed by atoms with van der Waals surface area (Å²) in [5, 5.41) is 8.96. The van der Waals surface area contributed by atoms with Crippen LogP contribution in [0.4, 0.5) is 5.69 Å². The van der Waals surface area contributed by atoms with Gasteiger partial charge in [-0.25, -0.2) is 0 Å². The van der Waals surface area contributed by atoms with E-state index in [0.29, 0.717) is 0 Å². The second kappa shape index (κ2) is 7.07. The minimum Gasteiger partial charge on any atom is -0.395 e. The third-order valence-corrected chi connectivity index (χ3v) is 4.34. The van der Waals surface area contributed by atoms with E-state index >= 15 is 0 Å². The van der Waals surface area contributed by atoms with E-state index in [2.05, 4.69) is 41.8 Å². The van der Waals surface area contributed by atoms with Crippen LogP contribution in [-0.4, -0.2) is 55.4 Å². The van der Waals surface area contributed by atoms with E-state index < -0.39 is 0 Å². The first-order valence-electron chi connectivity index (χ1n) is 7.51. The third kappa shape index (κ3) is 3.72. The van der Waals surface area contributed by atoms with E-state index in [1.807, 2.05) is 0 Å². The predicted molar refractivity (Wildman–Crippen MR) is 84.2 cm³/mol. The van der Waals surface area contributed by atoms with Crippen LogP contribution in [-0.2, 0) is 0 Å². The summed E-state index contributed by atoms with van der Waals surface area (Å²) in [6.07, 6.45) is 0.875. The lowest BCUT2D eigenvalue weighted by Crippen LogP contribution is -2.47. The van der Waals surface area contributed by atoms with Gasteiger partial charge >= 0.3 is 0 Å². The molecule has 1 saturated heterocycles. The normalized spacial score (nSPS) is 18.3. The molecule has 2 rings (SSSR count). The smallest absolute Gasteiger partial charge is 0.0583 e. The Morgan fingerprint density at radius 3 is 2.55 bits per heavy atom. The molecule has 1 unspecified atom stereocenters. The maximum atomic E-state index is 8.96. The van der Waals surface area contributed by atoms with Gasteiger partial charge < -0.3 is 15.7 Å². The van der Waals surface area contributed by atoms with Crippen LogP contribution in [0.25, 0.3) is 0 Å². The zero-order valence-electron chi connectivity index (χ0n) is 12.7. The third-order valence-electron chi connectivity index (χ3n) is 4.34. The molecule has 1 aliphatic rings. The SMILES string of the molecule is Cc1cccc(N2CCN(CCC(N)CO)CC2)c1C. The van der Waals surface area contributed by atoms with Crippen molar-refractivity contribution in [1.82, 2.24) is 4.90 Å². The zero-order valence-corrected chi connectivity index (χ0v) is 12.7. The number of piperazine rings is 1. The van der Waals surface area contributed by atoms with Crippen LogP contribution in [0.15, 0.2) is 18.2 Å². The Morgan fingerprint density at radius 1 is 1.20 bits per heavy atom. The second-order valence-corrected chi connectivity index (χ2v) is 5.78. The minimum absolute atomic E-state index is 0.0768. The van der Waals surface area contributed by atoms with Crippen molar-refractivity contribution in [2.24, 2.45) is 5.73 Å². The van der Waals surface area contributed by atoms with E-state index in [4.69, 9.17) is 10.8 Å². The zero-order chi connectivity index (χ0) is 14.5. The molecule has 0 aliphatic carbocycles. The molecular weight excluding hydrogens is 250 g/mol. The molecule has 0 saturated carbocycles. The quantitative estimate of drug-likeness (QED) is 0.847. The van der Waals surface area contributed by atoms with Crippen molar-refractivity contribution in [3.63, 3.8) is 0 Å².